The summed E-state index contributed by atoms with van der Waals surface area (Å²) in [7, 11) is 0. The molecule has 0 radical (unpaired) electrons. The fraction of sp³-hybridized carbons (Fsp3) is 0.0714. The fourth-order valence-corrected chi connectivity index (χ4v) is 2.28. The van der Waals surface area contributed by atoms with Gasteiger partial charge in [0.15, 0.2) is 0 Å². The van der Waals surface area contributed by atoms with Gasteiger partial charge in [-0.05, 0) is 24.3 Å². The zero-order chi connectivity index (χ0) is 14.7. The first-order valence-corrected chi connectivity index (χ1v) is 6.78. The van der Waals surface area contributed by atoms with E-state index < -0.39 is 5.97 Å². The van der Waals surface area contributed by atoms with Crippen LogP contribution in [0.1, 0.15) is 15.9 Å². The highest BCUT2D eigenvalue weighted by Gasteiger charge is 2.15. The molecule has 0 saturated heterocycles. The van der Waals surface area contributed by atoms with Crippen molar-refractivity contribution in [1.82, 2.24) is 0 Å². The Morgan fingerprint density at radius 3 is 2.20 bits per heavy atom. The van der Waals surface area contributed by atoms with E-state index in [1.54, 1.807) is 30.3 Å². The van der Waals surface area contributed by atoms with Gasteiger partial charge in [0, 0.05) is 15.6 Å². The smallest absolute Gasteiger partial charge is 0.340 e. The van der Waals surface area contributed by atoms with Gasteiger partial charge in [-0.2, -0.15) is 0 Å². The summed E-state index contributed by atoms with van der Waals surface area (Å²) in [4.78, 5) is 12.0. The molecule has 2 aromatic rings. The molecule has 0 aliphatic rings. The Bertz CT molecular complexity index is 639. The number of ether oxygens (including phenoxy) is 1. The van der Waals surface area contributed by atoms with Gasteiger partial charge < -0.3 is 10.5 Å². The molecule has 0 aliphatic heterocycles. The van der Waals surface area contributed by atoms with Crippen molar-refractivity contribution in [2.75, 3.05) is 5.73 Å². The van der Waals surface area contributed by atoms with Crippen LogP contribution in [0.25, 0.3) is 0 Å². The molecule has 0 fully saturated rings. The number of para-hydroxylation sites is 1. The number of hydrogen-bond acceptors (Lipinski definition) is 3. The van der Waals surface area contributed by atoms with Crippen LogP contribution in [0.3, 0.4) is 0 Å². The minimum Gasteiger partial charge on any atom is -0.457 e. The minimum absolute atomic E-state index is 0.0384. The van der Waals surface area contributed by atoms with Crippen LogP contribution in [-0.2, 0) is 11.3 Å². The van der Waals surface area contributed by atoms with Gasteiger partial charge >= 0.3 is 5.97 Å². The molecular formula is C14H10Cl3NO2. The van der Waals surface area contributed by atoms with E-state index in [2.05, 4.69) is 0 Å². The van der Waals surface area contributed by atoms with Gasteiger partial charge in [-0.15, -0.1) is 0 Å². The Balaban J connectivity index is 2.15. The van der Waals surface area contributed by atoms with E-state index in [-0.39, 0.29) is 17.9 Å². The molecule has 0 aliphatic carbocycles. The summed E-state index contributed by atoms with van der Waals surface area (Å²) in [5.41, 5.74) is 6.67. The van der Waals surface area contributed by atoms with Crippen molar-refractivity contribution < 1.29 is 9.53 Å². The molecule has 2 aromatic carbocycles. The van der Waals surface area contributed by atoms with Crippen LogP contribution < -0.4 is 5.73 Å². The number of anilines is 1. The summed E-state index contributed by atoms with van der Waals surface area (Å²) in [6.45, 7) is -0.0384. The Kier molecular flexibility index (Phi) is 4.76. The molecule has 0 spiro atoms. The standard InChI is InChI=1S/C14H10Cl3NO2/c15-10-4-2-5-11(16)9(10)7-20-14(19)8-3-1-6-12(17)13(8)18/h1-6H,7,18H2. The SMILES string of the molecule is Nc1c(Cl)cccc1C(=O)OCc1c(Cl)cccc1Cl. The second-order valence-electron chi connectivity index (χ2n) is 3.98. The van der Waals surface area contributed by atoms with Crippen molar-refractivity contribution in [1.29, 1.82) is 0 Å². The van der Waals surface area contributed by atoms with Gasteiger partial charge in [-0.3, -0.25) is 0 Å². The van der Waals surface area contributed by atoms with E-state index in [0.717, 1.165) is 0 Å². The summed E-state index contributed by atoms with van der Waals surface area (Å²) >= 11 is 17.8. The first-order chi connectivity index (χ1) is 9.50. The Hall–Kier alpha value is -1.42. The van der Waals surface area contributed by atoms with E-state index >= 15 is 0 Å². The second kappa shape index (κ2) is 6.35. The molecule has 20 heavy (non-hydrogen) atoms. The van der Waals surface area contributed by atoms with Gasteiger partial charge in [0.25, 0.3) is 0 Å². The fourth-order valence-electron chi connectivity index (χ4n) is 1.60. The number of rotatable bonds is 3. The van der Waals surface area contributed by atoms with Crippen LogP contribution >= 0.6 is 34.8 Å². The molecule has 0 bridgehead atoms. The number of hydrogen-bond donors (Lipinski definition) is 1. The molecule has 0 amide bonds. The lowest BCUT2D eigenvalue weighted by atomic mass is 10.2. The van der Waals surface area contributed by atoms with Gasteiger partial charge in [0.1, 0.15) is 6.61 Å². The normalized spacial score (nSPS) is 10.3. The lowest BCUT2D eigenvalue weighted by Crippen LogP contribution is -2.09. The van der Waals surface area contributed by atoms with Crippen LogP contribution in [0.5, 0.6) is 0 Å². The summed E-state index contributed by atoms with van der Waals surface area (Å²) in [5.74, 6) is -0.582. The molecular weight excluding hydrogens is 321 g/mol. The summed E-state index contributed by atoms with van der Waals surface area (Å²) in [6.07, 6.45) is 0. The third kappa shape index (κ3) is 3.18. The molecule has 104 valence electrons. The van der Waals surface area contributed by atoms with Crippen molar-refractivity contribution >= 4 is 46.5 Å². The molecule has 3 nitrogen and oxygen atoms in total. The van der Waals surface area contributed by atoms with Crippen LogP contribution in [0.15, 0.2) is 36.4 Å². The van der Waals surface area contributed by atoms with Gasteiger partial charge in [-0.1, -0.05) is 46.9 Å². The highest BCUT2D eigenvalue weighted by molar-refractivity contribution is 6.36. The van der Waals surface area contributed by atoms with Crippen molar-refractivity contribution in [2.45, 2.75) is 6.61 Å². The number of carbonyl (C=O) groups excluding carboxylic acids is 1. The zero-order valence-corrected chi connectivity index (χ0v) is 12.5. The average molecular weight is 331 g/mol. The third-order valence-corrected chi connectivity index (χ3v) is 3.72. The van der Waals surface area contributed by atoms with Crippen molar-refractivity contribution in [3.63, 3.8) is 0 Å². The van der Waals surface area contributed by atoms with E-state index in [1.165, 1.54) is 6.07 Å². The molecule has 0 heterocycles. The lowest BCUT2D eigenvalue weighted by molar-refractivity contribution is 0.0474. The maximum atomic E-state index is 12.0. The number of esters is 1. The van der Waals surface area contributed by atoms with Gasteiger partial charge in [-0.25, -0.2) is 4.79 Å². The molecule has 2 N–H and O–H groups in total. The maximum absolute atomic E-state index is 12.0. The minimum atomic E-state index is -0.582. The Morgan fingerprint density at radius 1 is 1.00 bits per heavy atom. The first-order valence-electron chi connectivity index (χ1n) is 5.64. The van der Waals surface area contributed by atoms with Crippen LogP contribution in [0.2, 0.25) is 15.1 Å². The molecule has 0 aromatic heterocycles. The maximum Gasteiger partial charge on any atom is 0.340 e. The van der Waals surface area contributed by atoms with Crippen LogP contribution in [-0.4, -0.2) is 5.97 Å². The topological polar surface area (TPSA) is 52.3 Å². The predicted molar refractivity (Wildman–Crippen MR) is 81.4 cm³/mol. The van der Waals surface area contributed by atoms with Crippen LogP contribution in [0.4, 0.5) is 5.69 Å². The second-order valence-corrected chi connectivity index (χ2v) is 5.20. The average Bonchev–Trinajstić information content (AvgIpc) is 2.41. The van der Waals surface area contributed by atoms with E-state index in [0.29, 0.717) is 20.6 Å². The number of carbonyl (C=O) groups is 1. The van der Waals surface area contributed by atoms with Crippen molar-refractivity contribution in [2.24, 2.45) is 0 Å². The Labute approximate surface area is 131 Å². The van der Waals surface area contributed by atoms with E-state index in [9.17, 15) is 4.79 Å². The molecule has 6 heteroatoms. The summed E-state index contributed by atoms with van der Waals surface area (Å²) < 4.78 is 5.17. The quantitative estimate of drug-likeness (QED) is 0.661. The molecule has 2 rings (SSSR count). The van der Waals surface area contributed by atoms with Crippen molar-refractivity contribution in [3.05, 3.63) is 62.6 Å². The zero-order valence-electron chi connectivity index (χ0n) is 10.2. The van der Waals surface area contributed by atoms with E-state index in [1.807, 2.05) is 0 Å². The molecule has 0 atom stereocenters. The summed E-state index contributed by atoms with van der Waals surface area (Å²) in [5, 5.41) is 1.17. The van der Waals surface area contributed by atoms with Crippen molar-refractivity contribution in [3.8, 4) is 0 Å². The summed E-state index contributed by atoms with van der Waals surface area (Å²) in [6, 6.07) is 9.81. The molecule has 0 unspecified atom stereocenters. The molecule has 0 saturated carbocycles. The Morgan fingerprint density at radius 2 is 1.55 bits per heavy atom. The highest BCUT2D eigenvalue weighted by atomic mass is 35.5. The first kappa shape index (κ1) is 15.0. The van der Waals surface area contributed by atoms with E-state index in [4.69, 9.17) is 45.3 Å². The third-order valence-electron chi connectivity index (χ3n) is 2.68. The highest BCUT2D eigenvalue weighted by Crippen LogP contribution is 2.27. The number of halogens is 3. The van der Waals surface area contributed by atoms with Gasteiger partial charge in [0.05, 0.1) is 16.3 Å². The lowest BCUT2D eigenvalue weighted by Gasteiger charge is -2.10. The van der Waals surface area contributed by atoms with Crippen LogP contribution in [0, 0.1) is 0 Å². The van der Waals surface area contributed by atoms with Gasteiger partial charge in [0.2, 0.25) is 0 Å². The predicted octanol–water partition coefficient (Wildman–Crippen LogP) is 4.59. The number of benzene rings is 2. The number of nitrogen functional groups attached to an aromatic ring is 1. The monoisotopic (exact) mass is 329 g/mol. The largest absolute Gasteiger partial charge is 0.457 e. The number of nitrogens with two attached hydrogens (primary N) is 1.